The second-order valence-electron chi connectivity index (χ2n) is 8.93. The van der Waals surface area contributed by atoms with Crippen LogP contribution in [0, 0.1) is 5.82 Å². The van der Waals surface area contributed by atoms with Gasteiger partial charge in [-0.25, -0.2) is 4.39 Å². The zero-order valence-electron chi connectivity index (χ0n) is 21.5. The van der Waals surface area contributed by atoms with Crippen LogP contribution in [0.15, 0.2) is 72.9 Å². The molecule has 0 spiro atoms. The highest BCUT2D eigenvalue weighted by atomic mass is 32.1. The van der Waals surface area contributed by atoms with Crippen molar-refractivity contribution in [3.05, 3.63) is 83.6 Å². The van der Waals surface area contributed by atoms with Gasteiger partial charge in [0.05, 0.1) is 10.2 Å². The van der Waals surface area contributed by atoms with Crippen molar-refractivity contribution in [2.24, 2.45) is 0 Å². The molecular formula is C29H29FN4O3S. The van der Waals surface area contributed by atoms with Gasteiger partial charge in [0, 0.05) is 48.2 Å². The number of thiophene rings is 1. The van der Waals surface area contributed by atoms with E-state index in [1.165, 1.54) is 34.4 Å². The first-order valence-corrected chi connectivity index (χ1v) is 12.9. The minimum atomic E-state index is -0.638. The van der Waals surface area contributed by atoms with E-state index >= 15 is 0 Å². The van der Waals surface area contributed by atoms with Crippen molar-refractivity contribution in [1.82, 2.24) is 9.88 Å². The number of aromatic nitrogens is 1. The van der Waals surface area contributed by atoms with Crippen molar-refractivity contribution in [1.29, 1.82) is 0 Å². The van der Waals surface area contributed by atoms with Gasteiger partial charge in [-0.15, -0.1) is 11.3 Å². The zero-order chi connectivity index (χ0) is 27.1. The van der Waals surface area contributed by atoms with E-state index < -0.39 is 11.7 Å². The number of nitrogens with zero attached hydrogens (tertiary/aromatic N) is 3. The number of anilines is 2. The van der Waals surface area contributed by atoms with Gasteiger partial charge in [-0.1, -0.05) is 24.3 Å². The average molecular weight is 533 g/mol. The molecule has 4 rings (SSSR count). The lowest BCUT2D eigenvalue weighted by Crippen LogP contribution is -2.30. The van der Waals surface area contributed by atoms with Crippen LogP contribution in [0.2, 0.25) is 0 Å². The highest BCUT2D eigenvalue weighted by molar-refractivity contribution is 7.20. The fourth-order valence-electron chi connectivity index (χ4n) is 3.66. The van der Waals surface area contributed by atoms with E-state index in [-0.39, 0.29) is 23.8 Å². The quantitative estimate of drug-likeness (QED) is 0.247. The molecular weight excluding hydrogens is 503 g/mol. The van der Waals surface area contributed by atoms with E-state index in [9.17, 15) is 14.0 Å². The Labute approximate surface area is 225 Å². The minimum absolute atomic E-state index is 0.0202. The van der Waals surface area contributed by atoms with Gasteiger partial charge in [-0.3, -0.25) is 14.6 Å². The first-order valence-electron chi connectivity index (χ1n) is 12.1. The van der Waals surface area contributed by atoms with Crippen LogP contribution in [0.25, 0.3) is 16.3 Å². The fourth-order valence-corrected chi connectivity index (χ4v) is 4.66. The number of nitrogens with one attached hydrogen (secondary N) is 1. The second-order valence-corrected chi connectivity index (χ2v) is 10.0. The van der Waals surface area contributed by atoms with Crippen LogP contribution in [0.1, 0.15) is 17.7 Å². The van der Waals surface area contributed by atoms with Gasteiger partial charge in [0.15, 0.2) is 11.6 Å². The summed E-state index contributed by atoms with van der Waals surface area (Å²) in [4.78, 5) is 33.8. The third-order valence-electron chi connectivity index (χ3n) is 5.68. The summed E-state index contributed by atoms with van der Waals surface area (Å²) < 4.78 is 21.6. The number of hydrogen-bond acceptors (Lipinski definition) is 6. The predicted molar refractivity (Wildman–Crippen MR) is 151 cm³/mol. The monoisotopic (exact) mass is 532 g/mol. The molecule has 0 aliphatic rings. The Balaban J connectivity index is 1.40. The fraction of sp³-hybridized carbons (Fsp3) is 0.207. The van der Waals surface area contributed by atoms with Crippen molar-refractivity contribution in [3.8, 4) is 11.5 Å². The number of fused-ring (bicyclic) bond motifs is 1. The van der Waals surface area contributed by atoms with Crippen molar-refractivity contribution in [2.75, 3.05) is 37.9 Å². The van der Waals surface area contributed by atoms with E-state index in [1.807, 2.05) is 38.4 Å². The molecule has 0 bridgehead atoms. The summed E-state index contributed by atoms with van der Waals surface area (Å²) in [7, 11) is 5.67. The molecule has 0 radical (unpaired) electrons. The van der Waals surface area contributed by atoms with E-state index in [0.717, 1.165) is 28.1 Å². The number of amides is 2. The standard InChI is InChI=1S/C29H29FN4O3S/c1-33(2)16-8-7-11-22-18-24-29(38-22)26(14-15-31-24)37-25-13-12-20(17-23(25)30)32-27(35)19-28(36)34(3)21-9-5-4-6-10-21/h4-7,9-15,17-18H,8,16,19H2,1-3H3,(H,32,35). The molecule has 0 atom stereocenters. The number of halogens is 1. The molecule has 2 aromatic carbocycles. The minimum Gasteiger partial charge on any atom is -0.453 e. The van der Waals surface area contributed by atoms with Crippen LogP contribution in [-0.2, 0) is 9.59 Å². The molecule has 196 valence electrons. The number of carbonyl (C=O) groups excluding carboxylic acids is 2. The first-order chi connectivity index (χ1) is 18.3. The summed E-state index contributed by atoms with van der Waals surface area (Å²) in [6, 6.07) is 16.9. The largest absolute Gasteiger partial charge is 0.453 e. The number of carbonyl (C=O) groups is 2. The Morgan fingerprint density at radius 2 is 1.84 bits per heavy atom. The summed E-state index contributed by atoms with van der Waals surface area (Å²) >= 11 is 1.52. The Hall–Kier alpha value is -4.08. The molecule has 7 nitrogen and oxygen atoms in total. The number of hydrogen-bond donors (Lipinski definition) is 1. The number of ether oxygens (including phenoxy) is 1. The molecule has 2 amide bonds. The van der Waals surface area contributed by atoms with E-state index in [4.69, 9.17) is 4.74 Å². The van der Waals surface area contributed by atoms with Crippen LogP contribution in [0.3, 0.4) is 0 Å². The van der Waals surface area contributed by atoms with E-state index in [2.05, 4.69) is 27.4 Å². The second kappa shape index (κ2) is 12.4. The van der Waals surface area contributed by atoms with Crippen LogP contribution >= 0.6 is 11.3 Å². The zero-order valence-corrected chi connectivity index (χ0v) is 22.3. The topological polar surface area (TPSA) is 74.8 Å². The Morgan fingerprint density at radius 3 is 2.58 bits per heavy atom. The first kappa shape index (κ1) is 27.0. The lowest BCUT2D eigenvalue weighted by atomic mass is 10.2. The lowest BCUT2D eigenvalue weighted by Gasteiger charge is -2.17. The van der Waals surface area contributed by atoms with Crippen molar-refractivity contribution in [3.63, 3.8) is 0 Å². The normalized spacial score (nSPS) is 11.3. The van der Waals surface area contributed by atoms with Crippen molar-refractivity contribution >= 4 is 50.8 Å². The maximum absolute atomic E-state index is 14.9. The van der Waals surface area contributed by atoms with E-state index in [0.29, 0.717) is 11.4 Å². The van der Waals surface area contributed by atoms with Crippen LogP contribution < -0.4 is 15.0 Å². The van der Waals surface area contributed by atoms with Crippen molar-refractivity contribution in [2.45, 2.75) is 12.8 Å². The van der Waals surface area contributed by atoms with Crippen LogP contribution in [-0.4, -0.2) is 49.4 Å². The third kappa shape index (κ3) is 7.02. The van der Waals surface area contributed by atoms with Crippen molar-refractivity contribution < 1.29 is 18.7 Å². The SMILES string of the molecule is CN(C)CCC=Cc1cc2nccc(Oc3ccc(NC(=O)CC(=O)N(C)c4ccccc4)cc3F)c2s1. The molecule has 2 aromatic heterocycles. The van der Waals surface area contributed by atoms with Gasteiger partial charge in [-0.05, 0) is 56.9 Å². The molecule has 0 saturated heterocycles. The van der Waals surface area contributed by atoms with Crippen LogP contribution in [0.5, 0.6) is 11.5 Å². The Bertz CT molecular complexity index is 1450. The van der Waals surface area contributed by atoms with E-state index in [1.54, 1.807) is 31.4 Å². The molecule has 2 heterocycles. The molecule has 38 heavy (non-hydrogen) atoms. The number of rotatable bonds is 10. The number of benzene rings is 2. The van der Waals surface area contributed by atoms with Gasteiger partial charge in [0.2, 0.25) is 11.8 Å². The summed E-state index contributed by atoms with van der Waals surface area (Å²) in [6.45, 7) is 0.963. The van der Waals surface area contributed by atoms with Gasteiger partial charge < -0.3 is 19.9 Å². The van der Waals surface area contributed by atoms with Gasteiger partial charge in [0.25, 0.3) is 0 Å². The number of para-hydroxylation sites is 1. The summed E-state index contributed by atoms with van der Waals surface area (Å²) in [5.41, 5.74) is 1.69. The lowest BCUT2D eigenvalue weighted by molar-refractivity contribution is -0.125. The Morgan fingerprint density at radius 1 is 1.05 bits per heavy atom. The van der Waals surface area contributed by atoms with Gasteiger partial charge in [0.1, 0.15) is 12.2 Å². The highest BCUT2D eigenvalue weighted by Gasteiger charge is 2.17. The van der Waals surface area contributed by atoms with Crippen LogP contribution in [0.4, 0.5) is 15.8 Å². The molecule has 0 aliphatic heterocycles. The molecule has 0 aliphatic carbocycles. The summed E-state index contributed by atoms with van der Waals surface area (Å²) in [5.74, 6) is -1.03. The molecule has 0 fully saturated rings. The molecule has 1 N–H and O–H groups in total. The molecule has 9 heteroatoms. The highest BCUT2D eigenvalue weighted by Crippen LogP contribution is 2.36. The Kier molecular flexibility index (Phi) is 8.83. The average Bonchev–Trinajstić information content (AvgIpc) is 3.32. The summed E-state index contributed by atoms with van der Waals surface area (Å²) in [5, 5.41) is 2.57. The van der Waals surface area contributed by atoms with Gasteiger partial charge in [-0.2, -0.15) is 0 Å². The summed E-state index contributed by atoms with van der Waals surface area (Å²) in [6.07, 6.45) is 6.36. The maximum Gasteiger partial charge on any atom is 0.236 e. The number of pyridine rings is 1. The molecule has 4 aromatic rings. The third-order valence-corrected chi connectivity index (χ3v) is 6.79. The maximum atomic E-state index is 14.9. The molecule has 0 unspecified atom stereocenters. The smallest absolute Gasteiger partial charge is 0.236 e. The molecule has 0 saturated carbocycles. The predicted octanol–water partition coefficient (Wildman–Crippen LogP) is 6.18. The van der Waals surface area contributed by atoms with Gasteiger partial charge >= 0.3 is 0 Å².